The Morgan fingerprint density at radius 3 is 3.14 bits per heavy atom. The standard InChI is InChI=1S/C10H14N2OS/c1-12(5-8-6-14-7-11-8)9-3-2-4-10(9)13/h6-7,9H,2-5H2,1H3. The number of Topliss-reactive ketones (excluding diaryl/α,β-unsaturated/α-hetero) is 1. The predicted octanol–water partition coefficient (Wildman–Crippen LogP) is 1.70. The van der Waals surface area contributed by atoms with Crippen LogP contribution in [0, 0.1) is 0 Å². The minimum absolute atomic E-state index is 0.136. The van der Waals surface area contributed by atoms with E-state index >= 15 is 0 Å². The topological polar surface area (TPSA) is 33.2 Å². The minimum Gasteiger partial charge on any atom is -0.298 e. The first-order chi connectivity index (χ1) is 6.77. The first-order valence-corrected chi connectivity index (χ1v) is 5.81. The van der Waals surface area contributed by atoms with Gasteiger partial charge in [-0.3, -0.25) is 9.69 Å². The van der Waals surface area contributed by atoms with Gasteiger partial charge in [-0.1, -0.05) is 0 Å². The Labute approximate surface area is 87.8 Å². The molecule has 3 nitrogen and oxygen atoms in total. The van der Waals surface area contributed by atoms with Gasteiger partial charge in [0.05, 0.1) is 17.2 Å². The first kappa shape index (κ1) is 9.80. The molecule has 4 heteroatoms. The quantitative estimate of drug-likeness (QED) is 0.761. The largest absolute Gasteiger partial charge is 0.298 e. The lowest BCUT2D eigenvalue weighted by molar-refractivity contribution is -0.121. The molecule has 0 amide bonds. The molecule has 0 saturated heterocycles. The second-order valence-electron chi connectivity index (χ2n) is 3.77. The summed E-state index contributed by atoms with van der Waals surface area (Å²) in [5, 5.41) is 2.04. The molecule has 76 valence electrons. The third kappa shape index (κ3) is 2.01. The predicted molar refractivity (Wildman–Crippen MR) is 56.2 cm³/mol. The van der Waals surface area contributed by atoms with Crippen LogP contribution in [0.3, 0.4) is 0 Å². The van der Waals surface area contributed by atoms with E-state index in [2.05, 4.69) is 9.88 Å². The van der Waals surface area contributed by atoms with E-state index < -0.39 is 0 Å². The zero-order chi connectivity index (χ0) is 9.97. The summed E-state index contributed by atoms with van der Waals surface area (Å²) in [5.41, 5.74) is 2.90. The van der Waals surface area contributed by atoms with Crippen molar-refractivity contribution in [2.75, 3.05) is 7.05 Å². The molecule has 1 unspecified atom stereocenters. The summed E-state index contributed by atoms with van der Waals surface area (Å²) in [6.45, 7) is 0.792. The SMILES string of the molecule is CN(Cc1cscn1)C1CCCC1=O. The highest BCUT2D eigenvalue weighted by Crippen LogP contribution is 2.20. The molecule has 1 aliphatic carbocycles. The van der Waals surface area contributed by atoms with E-state index in [-0.39, 0.29) is 6.04 Å². The van der Waals surface area contributed by atoms with E-state index in [1.54, 1.807) is 11.3 Å². The van der Waals surface area contributed by atoms with Gasteiger partial charge in [0, 0.05) is 18.3 Å². The van der Waals surface area contributed by atoms with Crippen LogP contribution < -0.4 is 0 Å². The summed E-state index contributed by atoms with van der Waals surface area (Å²) in [5.74, 6) is 0.391. The number of ketones is 1. The third-order valence-electron chi connectivity index (χ3n) is 2.70. The summed E-state index contributed by atoms with van der Waals surface area (Å²) in [4.78, 5) is 17.8. The highest BCUT2D eigenvalue weighted by Gasteiger charge is 2.27. The summed E-state index contributed by atoms with van der Waals surface area (Å²) >= 11 is 1.60. The maximum atomic E-state index is 11.5. The van der Waals surface area contributed by atoms with E-state index in [9.17, 15) is 4.79 Å². The minimum atomic E-state index is 0.136. The van der Waals surface area contributed by atoms with Crippen molar-refractivity contribution >= 4 is 17.1 Å². The number of rotatable bonds is 3. The second-order valence-corrected chi connectivity index (χ2v) is 4.49. The van der Waals surface area contributed by atoms with Gasteiger partial charge >= 0.3 is 0 Å². The lowest BCUT2D eigenvalue weighted by atomic mass is 10.2. The van der Waals surface area contributed by atoms with E-state index in [4.69, 9.17) is 0 Å². The van der Waals surface area contributed by atoms with Crippen LogP contribution in [0.25, 0.3) is 0 Å². The number of carbonyl (C=O) groups is 1. The Morgan fingerprint density at radius 1 is 1.71 bits per heavy atom. The van der Waals surface area contributed by atoms with E-state index in [0.29, 0.717) is 5.78 Å². The number of hydrogen-bond donors (Lipinski definition) is 0. The fourth-order valence-electron chi connectivity index (χ4n) is 1.94. The molecule has 14 heavy (non-hydrogen) atoms. The zero-order valence-electron chi connectivity index (χ0n) is 8.27. The van der Waals surface area contributed by atoms with Crippen LogP contribution >= 0.6 is 11.3 Å². The first-order valence-electron chi connectivity index (χ1n) is 4.87. The van der Waals surface area contributed by atoms with Gasteiger partial charge in [0.1, 0.15) is 5.78 Å². The number of hydrogen-bond acceptors (Lipinski definition) is 4. The van der Waals surface area contributed by atoms with Gasteiger partial charge in [-0.15, -0.1) is 11.3 Å². The van der Waals surface area contributed by atoms with Crippen molar-refractivity contribution in [3.8, 4) is 0 Å². The van der Waals surface area contributed by atoms with Crippen molar-refractivity contribution < 1.29 is 4.79 Å². The maximum absolute atomic E-state index is 11.5. The van der Waals surface area contributed by atoms with Crippen LogP contribution in [0.1, 0.15) is 25.0 Å². The molecule has 0 radical (unpaired) electrons. The number of likely N-dealkylation sites (N-methyl/N-ethyl adjacent to an activating group) is 1. The molecular weight excluding hydrogens is 196 g/mol. The summed E-state index contributed by atoms with van der Waals surface area (Å²) < 4.78 is 0. The van der Waals surface area contributed by atoms with Gasteiger partial charge in [-0.05, 0) is 19.9 Å². The van der Waals surface area contributed by atoms with Crippen LogP contribution in [-0.2, 0) is 11.3 Å². The van der Waals surface area contributed by atoms with Gasteiger partial charge in [-0.25, -0.2) is 4.98 Å². The summed E-state index contributed by atoms with van der Waals surface area (Å²) in [6, 6.07) is 0.136. The lowest BCUT2D eigenvalue weighted by Gasteiger charge is -2.21. The molecule has 1 saturated carbocycles. The summed E-state index contributed by atoms with van der Waals surface area (Å²) in [6.07, 6.45) is 2.82. The molecule has 0 aromatic carbocycles. The molecule has 1 fully saturated rings. The van der Waals surface area contributed by atoms with E-state index in [0.717, 1.165) is 31.5 Å². The Balaban J connectivity index is 1.95. The highest BCUT2D eigenvalue weighted by molar-refractivity contribution is 7.07. The average molecular weight is 210 g/mol. The monoisotopic (exact) mass is 210 g/mol. The van der Waals surface area contributed by atoms with Crippen molar-refractivity contribution in [3.05, 3.63) is 16.6 Å². The van der Waals surface area contributed by atoms with Crippen molar-refractivity contribution in [2.24, 2.45) is 0 Å². The molecule has 1 aromatic heterocycles. The number of thiazole rings is 1. The fourth-order valence-corrected chi connectivity index (χ4v) is 2.49. The smallest absolute Gasteiger partial charge is 0.149 e. The Morgan fingerprint density at radius 2 is 2.57 bits per heavy atom. The van der Waals surface area contributed by atoms with Gasteiger partial charge < -0.3 is 0 Å². The van der Waals surface area contributed by atoms with E-state index in [1.807, 2.05) is 17.9 Å². The summed E-state index contributed by atoms with van der Waals surface area (Å²) in [7, 11) is 2.01. The van der Waals surface area contributed by atoms with Crippen molar-refractivity contribution in [3.63, 3.8) is 0 Å². The van der Waals surface area contributed by atoms with Gasteiger partial charge in [-0.2, -0.15) is 0 Å². The van der Waals surface area contributed by atoms with Crippen LogP contribution in [0.15, 0.2) is 10.9 Å². The van der Waals surface area contributed by atoms with Crippen molar-refractivity contribution in [1.82, 2.24) is 9.88 Å². The van der Waals surface area contributed by atoms with Gasteiger partial charge in [0.25, 0.3) is 0 Å². The lowest BCUT2D eigenvalue weighted by Crippen LogP contribution is -2.34. The zero-order valence-corrected chi connectivity index (χ0v) is 9.09. The molecule has 1 heterocycles. The molecule has 0 bridgehead atoms. The van der Waals surface area contributed by atoms with E-state index in [1.165, 1.54) is 0 Å². The van der Waals surface area contributed by atoms with Crippen molar-refractivity contribution in [2.45, 2.75) is 31.8 Å². The molecule has 1 aliphatic rings. The Bertz CT molecular complexity index is 310. The molecule has 1 aromatic rings. The number of aromatic nitrogens is 1. The highest BCUT2D eigenvalue weighted by atomic mass is 32.1. The third-order valence-corrected chi connectivity index (χ3v) is 3.33. The Kier molecular flexibility index (Phi) is 2.93. The van der Waals surface area contributed by atoms with Gasteiger partial charge in [0.15, 0.2) is 0 Å². The molecule has 0 spiro atoms. The van der Waals surface area contributed by atoms with Crippen molar-refractivity contribution in [1.29, 1.82) is 0 Å². The average Bonchev–Trinajstić information content (AvgIpc) is 2.75. The van der Waals surface area contributed by atoms with Crippen LogP contribution in [0.4, 0.5) is 0 Å². The van der Waals surface area contributed by atoms with Crippen LogP contribution in [-0.4, -0.2) is 28.8 Å². The fraction of sp³-hybridized carbons (Fsp3) is 0.600. The molecule has 0 N–H and O–H groups in total. The van der Waals surface area contributed by atoms with Crippen LogP contribution in [0.5, 0.6) is 0 Å². The molecule has 0 aliphatic heterocycles. The molecular formula is C10H14N2OS. The normalized spacial score (nSPS) is 22.1. The molecule has 1 atom stereocenters. The maximum Gasteiger partial charge on any atom is 0.149 e. The number of nitrogens with zero attached hydrogens (tertiary/aromatic N) is 2. The Hall–Kier alpha value is -0.740. The van der Waals surface area contributed by atoms with Crippen LogP contribution in [0.2, 0.25) is 0 Å². The second kappa shape index (κ2) is 4.19. The number of carbonyl (C=O) groups excluding carboxylic acids is 1. The van der Waals surface area contributed by atoms with Gasteiger partial charge in [0.2, 0.25) is 0 Å². The molecule has 2 rings (SSSR count).